The van der Waals surface area contributed by atoms with Gasteiger partial charge < -0.3 is 8.83 Å². The van der Waals surface area contributed by atoms with Gasteiger partial charge in [0.05, 0.1) is 0 Å². The molecule has 6 heteroatoms. The Hall–Kier alpha value is -8.22. The number of fused-ring (bicyclic) bond motifs is 6. The molecule has 0 radical (unpaired) electrons. The van der Waals surface area contributed by atoms with Crippen molar-refractivity contribution in [2.24, 2.45) is 0 Å². The molecule has 9 aromatic carbocycles. The van der Waals surface area contributed by atoms with E-state index in [9.17, 15) is 0 Å². The Labute approximate surface area is 344 Å². The van der Waals surface area contributed by atoms with Crippen LogP contribution in [0.25, 0.3) is 122 Å². The Morgan fingerprint density at radius 1 is 0.333 bits per heavy atom. The first-order valence-corrected chi connectivity index (χ1v) is 20.0. The third kappa shape index (κ3) is 5.73. The molecule has 0 spiro atoms. The second kappa shape index (κ2) is 13.7. The van der Waals surface area contributed by atoms with Crippen LogP contribution >= 0.6 is 0 Å². The van der Waals surface area contributed by atoms with Crippen molar-refractivity contribution in [3.63, 3.8) is 0 Å². The minimum Gasteiger partial charge on any atom is -0.456 e. The molecule has 0 bridgehead atoms. The molecule has 0 amide bonds. The lowest BCUT2D eigenvalue weighted by Crippen LogP contribution is -2.00. The average molecular weight is 769 g/mol. The fourth-order valence-electron chi connectivity index (χ4n) is 8.41. The molecule has 0 aliphatic carbocycles. The number of benzene rings is 9. The second-order valence-corrected chi connectivity index (χ2v) is 15.0. The normalized spacial score (nSPS) is 11.7. The Bertz CT molecular complexity index is 3590. The topological polar surface area (TPSA) is 77.8 Å². The lowest BCUT2D eigenvalue weighted by molar-refractivity contribution is 0.621. The molecule has 6 nitrogen and oxygen atoms in total. The molecule has 0 saturated carbocycles. The highest BCUT2D eigenvalue weighted by molar-refractivity contribution is 6.19. The smallest absolute Gasteiger partial charge is 0.227 e. The molecule has 0 aliphatic rings. The highest BCUT2D eigenvalue weighted by Crippen LogP contribution is 2.44. The maximum atomic E-state index is 6.78. The van der Waals surface area contributed by atoms with Crippen LogP contribution in [0.2, 0.25) is 0 Å². The third-order valence-electron chi connectivity index (χ3n) is 11.3. The lowest BCUT2D eigenvalue weighted by Gasteiger charge is -2.12. The first-order valence-electron chi connectivity index (χ1n) is 20.0. The van der Waals surface area contributed by atoms with Crippen molar-refractivity contribution in [3.05, 3.63) is 194 Å². The van der Waals surface area contributed by atoms with Crippen molar-refractivity contribution in [1.82, 2.24) is 19.9 Å². The zero-order chi connectivity index (χ0) is 39.6. The summed E-state index contributed by atoms with van der Waals surface area (Å²) in [5.41, 5.74) is 10.9. The number of para-hydroxylation sites is 1. The molecular weight excluding hydrogens is 737 g/mol. The van der Waals surface area contributed by atoms with Crippen LogP contribution in [0.15, 0.2) is 203 Å². The van der Waals surface area contributed by atoms with Crippen molar-refractivity contribution in [2.45, 2.75) is 0 Å². The average Bonchev–Trinajstić information content (AvgIpc) is 3.92. The van der Waals surface area contributed by atoms with Gasteiger partial charge >= 0.3 is 0 Å². The lowest BCUT2D eigenvalue weighted by atomic mass is 9.94. The minimum atomic E-state index is 0.562. The van der Waals surface area contributed by atoms with E-state index >= 15 is 0 Å². The van der Waals surface area contributed by atoms with Gasteiger partial charge in [-0.05, 0) is 62.5 Å². The van der Waals surface area contributed by atoms with Crippen LogP contribution in [-0.4, -0.2) is 19.9 Å². The Balaban J connectivity index is 1.02. The van der Waals surface area contributed by atoms with E-state index < -0.39 is 0 Å². The molecule has 60 heavy (non-hydrogen) atoms. The molecule has 0 N–H and O–H groups in total. The van der Waals surface area contributed by atoms with Gasteiger partial charge in [0.2, 0.25) is 5.89 Å². The quantitative estimate of drug-likeness (QED) is 0.168. The van der Waals surface area contributed by atoms with Crippen LogP contribution in [0.5, 0.6) is 0 Å². The zero-order valence-corrected chi connectivity index (χ0v) is 32.1. The minimum absolute atomic E-state index is 0.562. The van der Waals surface area contributed by atoms with Crippen molar-refractivity contribution < 1.29 is 8.83 Å². The molecule has 3 heterocycles. The number of aromatic nitrogens is 4. The maximum absolute atomic E-state index is 6.78. The molecule has 0 atom stereocenters. The molecule has 12 aromatic rings. The van der Waals surface area contributed by atoms with Crippen LogP contribution in [0.1, 0.15) is 0 Å². The first kappa shape index (κ1) is 33.9. The van der Waals surface area contributed by atoms with E-state index in [-0.39, 0.29) is 0 Å². The maximum Gasteiger partial charge on any atom is 0.227 e. The van der Waals surface area contributed by atoms with Gasteiger partial charge in [0.15, 0.2) is 23.1 Å². The van der Waals surface area contributed by atoms with E-state index in [1.165, 1.54) is 5.39 Å². The molecule has 3 aromatic heterocycles. The molecule has 0 fully saturated rings. The Morgan fingerprint density at radius 3 is 1.75 bits per heavy atom. The van der Waals surface area contributed by atoms with Gasteiger partial charge in [-0.25, -0.2) is 19.9 Å². The summed E-state index contributed by atoms with van der Waals surface area (Å²) >= 11 is 0. The van der Waals surface area contributed by atoms with E-state index in [1.54, 1.807) is 0 Å². The highest BCUT2D eigenvalue weighted by Gasteiger charge is 2.22. The van der Waals surface area contributed by atoms with Gasteiger partial charge in [-0.3, -0.25) is 0 Å². The summed E-state index contributed by atoms with van der Waals surface area (Å²) in [6, 6.07) is 66.5. The van der Waals surface area contributed by atoms with E-state index in [2.05, 4.69) is 127 Å². The summed E-state index contributed by atoms with van der Waals surface area (Å²) in [5, 5.41) is 6.36. The largest absolute Gasteiger partial charge is 0.456 e. The number of rotatable bonds is 6. The number of furan rings is 1. The van der Waals surface area contributed by atoms with Crippen molar-refractivity contribution in [1.29, 1.82) is 0 Å². The SMILES string of the molecule is c1ccc(-c2ccc(-c3nc(-c4ccccc4)nc(-c4cccc5cc(-c6c7oc(-c8ccc9ccccc9c8)nc7cc7oc8ccccc8c67)ccc45)n3)cc2)cc1. The summed E-state index contributed by atoms with van der Waals surface area (Å²) < 4.78 is 13.3. The van der Waals surface area contributed by atoms with Crippen LogP contribution < -0.4 is 0 Å². The predicted molar refractivity (Wildman–Crippen MR) is 242 cm³/mol. The summed E-state index contributed by atoms with van der Waals surface area (Å²) in [4.78, 5) is 20.3. The fourth-order valence-corrected chi connectivity index (χ4v) is 8.41. The third-order valence-corrected chi connectivity index (χ3v) is 11.3. The second-order valence-electron chi connectivity index (χ2n) is 15.0. The van der Waals surface area contributed by atoms with Crippen LogP contribution in [0, 0.1) is 0 Å². The van der Waals surface area contributed by atoms with Gasteiger partial charge in [-0.1, -0.05) is 164 Å². The van der Waals surface area contributed by atoms with E-state index in [1.807, 2.05) is 66.7 Å². The van der Waals surface area contributed by atoms with Crippen molar-refractivity contribution >= 4 is 54.6 Å². The van der Waals surface area contributed by atoms with Crippen LogP contribution in [-0.2, 0) is 0 Å². The standard InChI is InChI=1S/C54H32N4O2/c1-3-12-33(13-4-1)35-22-25-37(26-23-35)52-56-51(36-15-5-2-6-16-36)57-53(58-52)43-20-11-18-39-31-40(28-29-42(39)43)48-49-44-19-9-10-21-46(44)59-47(49)32-45-50(48)60-54(55-45)41-27-24-34-14-7-8-17-38(34)30-41/h1-32H. The summed E-state index contributed by atoms with van der Waals surface area (Å²) in [6.07, 6.45) is 0. The summed E-state index contributed by atoms with van der Waals surface area (Å²) in [5.74, 6) is 2.39. The molecular formula is C54H32N4O2. The van der Waals surface area contributed by atoms with Crippen LogP contribution in [0.3, 0.4) is 0 Å². The molecule has 0 saturated heterocycles. The highest BCUT2D eigenvalue weighted by atomic mass is 16.4. The zero-order valence-electron chi connectivity index (χ0n) is 32.1. The monoisotopic (exact) mass is 768 g/mol. The number of oxazole rings is 1. The van der Waals surface area contributed by atoms with E-state index in [0.29, 0.717) is 28.9 Å². The number of nitrogens with zero attached hydrogens (tertiary/aromatic N) is 4. The molecule has 12 rings (SSSR count). The summed E-state index contributed by atoms with van der Waals surface area (Å²) in [6.45, 7) is 0. The van der Waals surface area contributed by atoms with Gasteiger partial charge in [0.1, 0.15) is 16.7 Å². The van der Waals surface area contributed by atoms with Crippen molar-refractivity contribution in [2.75, 3.05) is 0 Å². The van der Waals surface area contributed by atoms with E-state index in [0.717, 1.165) is 88.1 Å². The Morgan fingerprint density at radius 2 is 0.933 bits per heavy atom. The first-order chi connectivity index (χ1) is 29.7. The molecule has 0 unspecified atom stereocenters. The number of hydrogen-bond donors (Lipinski definition) is 0. The van der Waals surface area contributed by atoms with E-state index in [4.69, 9.17) is 28.8 Å². The summed E-state index contributed by atoms with van der Waals surface area (Å²) in [7, 11) is 0. The van der Waals surface area contributed by atoms with Crippen molar-refractivity contribution in [3.8, 4) is 67.9 Å². The van der Waals surface area contributed by atoms with Gasteiger partial charge in [0.25, 0.3) is 0 Å². The van der Waals surface area contributed by atoms with Gasteiger partial charge in [0, 0.05) is 44.7 Å². The number of hydrogen-bond acceptors (Lipinski definition) is 6. The Kier molecular flexibility index (Phi) is 7.74. The predicted octanol–water partition coefficient (Wildman–Crippen LogP) is 14.2. The van der Waals surface area contributed by atoms with Crippen LogP contribution in [0.4, 0.5) is 0 Å². The van der Waals surface area contributed by atoms with Gasteiger partial charge in [-0.2, -0.15) is 0 Å². The van der Waals surface area contributed by atoms with Gasteiger partial charge in [-0.15, -0.1) is 0 Å². The molecule has 280 valence electrons. The fraction of sp³-hybridized carbons (Fsp3) is 0. The molecule has 0 aliphatic heterocycles.